The van der Waals surface area contributed by atoms with Crippen molar-refractivity contribution in [2.24, 2.45) is 4.99 Å². The van der Waals surface area contributed by atoms with Crippen molar-refractivity contribution in [2.75, 3.05) is 33.7 Å². The number of nitrogens with zero attached hydrogens (tertiary/aromatic N) is 3. The summed E-state index contributed by atoms with van der Waals surface area (Å²) >= 11 is 0. The normalized spacial score (nSPS) is 11.1. The number of pyridine rings is 1. The standard InChI is InChI=1S/C19H27N5.HI/c1-20-19(22-13-11-18-10-6-7-12-21-18)23-14-15-24(2)16-17-8-4-3-5-9-17;/h3-10,12H,11,13-16H2,1-2H3,(H2,20,22,23);1H. The van der Waals surface area contributed by atoms with Gasteiger partial charge < -0.3 is 15.5 Å². The summed E-state index contributed by atoms with van der Waals surface area (Å²) in [5.41, 5.74) is 2.42. The van der Waals surface area contributed by atoms with Crippen LogP contribution in [0.1, 0.15) is 11.3 Å². The molecule has 0 aliphatic carbocycles. The fourth-order valence-electron chi connectivity index (χ4n) is 2.41. The van der Waals surface area contributed by atoms with Gasteiger partial charge in [0.05, 0.1) is 0 Å². The van der Waals surface area contributed by atoms with E-state index in [4.69, 9.17) is 0 Å². The molecule has 1 aromatic carbocycles. The van der Waals surface area contributed by atoms with Crippen molar-refractivity contribution in [3.05, 3.63) is 66.0 Å². The maximum atomic E-state index is 4.32. The van der Waals surface area contributed by atoms with Crippen LogP contribution in [0.3, 0.4) is 0 Å². The van der Waals surface area contributed by atoms with Crippen LogP contribution >= 0.6 is 24.0 Å². The molecule has 1 heterocycles. The van der Waals surface area contributed by atoms with Gasteiger partial charge in [-0.05, 0) is 24.7 Å². The van der Waals surface area contributed by atoms with Gasteiger partial charge in [-0.15, -0.1) is 24.0 Å². The first-order valence-electron chi connectivity index (χ1n) is 8.35. The molecule has 2 aromatic rings. The van der Waals surface area contributed by atoms with Gasteiger partial charge in [0, 0.05) is 51.5 Å². The summed E-state index contributed by atoms with van der Waals surface area (Å²) < 4.78 is 0. The first kappa shape index (κ1) is 21.4. The second-order valence-corrected chi connectivity index (χ2v) is 5.72. The summed E-state index contributed by atoms with van der Waals surface area (Å²) in [4.78, 5) is 10.9. The van der Waals surface area contributed by atoms with Gasteiger partial charge in [0.1, 0.15) is 0 Å². The molecular weight excluding hydrogens is 425 g/mol. The van der Waals surface area contributed by atoms with Gasteiger partial charge in [0.25, 0.3) is 0 Å². The topological polar surface area (TPSA) is 52.6 Å². The number of nitrogens with one attached hydrogen (secondary N) is 2. The minimum Gasteiger partial charge on any atom is -0.356 e. The van der Waals surface area contributed by atoms with E-state index in [1.807, 2.05) is 30.5 Å². The minimum absolute atomic E-state index is 0. The third-order valence-corrected chi connectivity index (χ3v) is 3.70. The fraction of sp³-hybridized carbons (Fsp3) is 0.368. The number of hydrogen-bond donors (Lipinski definition) is 2. The Morgan fingerprint density at radius 2 is 1.76 bits per heavy atom. The van der Waals surface area contributed by atoms with Crippen molar-refractivity contribution in [1.29, 1.82) is 0 Å². The summed E-state index contributed by atoms with van der Waals surface area (Å²) in [6.45, 7) is 3.58. The molecule has 0 saturated heterocycles. The Morgan fingerprint density at radius 3 is 2.44 bits per heavy atom. The van der Waals surface area contributed by atoms with Crippen LogP contribution in [0.4, 0.5) is 0 Å². The number of benzene rings is 1. The second kappa shape index (κ2) is 12.7. The van der Waals surface area contributed by atoms with E-state index in [0.29, 0.717) is 0 Å². The van der Waals surface area contributed by atoms with Crippen LogP contribution in [-0.4, -0.2) is 49.6 Å². The number of guanidine groups is 1. The molecule has 0 radical (unpaired) electrons. The lowest BCUT2D eigenvalue weighted by Gasteiger charge is -2.18. The van der Waals surface area contributed by atoms with E-state index < -0.39 is 0 Å². The molecule has 2 N–H and O–H groups in total. The van der Waals surface area contributed by atoms with E-state index in [2.05, 4.69) is 56.8 Å². The Labute approximate surface area is 168 Å². The number of aromatic nitrogens is 1. The largest absolute Gasteiger partial charge is 0.356 e. The third kappa shape index (κ3) is 8.83. The van der Waals surface area contributed by atoms with Crippen LogP contribution in [0.5, 0.6) is 0 Å². The molecule has 2 rings (SSSR count). The first-order chi connectivity index (χ1) is 11.8. The number of hydrogen-bond acceptors (Lipinski definition) is 3. The number of rotatable bonds is 8. The van der Waals surface area contributed by atoms with Gasteiger partial charge in [-0.1, -0.05) is 36.4 Å². The van der Waals surface area contributed by atoms with E-state index in [9.17, 15) is 0 Å². The molecule has 0 fully saturated rings. The lowest BCUT2D eigenvalue weighted by Crippen LogP contribution is -2.41. The van der Waals surface area contributed by atoms with Crippen molar-refractivity contribution in [1.82, 2.24) is 20.5 Å². The van der Waals surface area contributed by atoms with Crippen LogP contribution in [0.25, 0.3) is 0 Å². The minimum atomic E-state index is 0. The van der Waals surface area contributed by atoms with Crippen LogP contribution in [-0.2, 0) is 13.0 Å². The maximum Gasteiger partial charge on any atom is 0.191 e. The van der Waals surface area contributed by atoms with Crippen LogP contribution in [0.15, 0.2) is 59.7 Å². The van der Waals surface area contributed by atoms with Gasteiger partial charge in [-0.2, -0.15) is 0 Å². The first-order valence-corrected chi connectivity index (χ1v) is 8.35. The molecular formula is C19H28IN5. The Balaban J connectivity index is 0.00000312. The number of halogens is 1. The third-order valence-electron chi connectivity index (χ3n) is 3.70. The predicted molar refractivity (Wildman–Crippen MR) is 115 cm³/mol. The summed E-state index contributed by atoms with van der Waals surface area (Å²) in [7, 11) is 3.93. The highest BCUT2D eigenvalue weighted by Crippen LogP contribution is 2.01. The predicted octanol–water partition coefficient (Wildman–Crippen LogP) is 2.54. The molecule has 0 aliphatic heterocycles. The quantitative estimate of drug-likeness (QED) is 0.367. The summed E-state index contributed by atoms with van der Waals surface area (Å²) in [5.74, 6) is 0.832. The highest BCUT2D eigenvalue weighted by atomic mass is 127. The van der Waals surface area contributed by atoms with Crippen LogP contribution < -0.4 is 10.6 Å². The average Bonchev–Trinajstić information content (AvgIpc) is 2.62. The Hall–Kier alpha value is -1.67. The van der Waals surface area contributed by atoms with Crippen LogP contribution in [0.2, 0.25) is 0 Å². The molecule has 6 heteroatoms. The zero-order chi connectivity index (χ0) is 17.0. The SMILES string of the molecule is CN=C(NCCc1ccccn1)NCCN(C)Cc1ccccc1.I. The summed E-state index contributed by atoms with van der Waals surface area (Å²) in [6, 6.07) is 16.5. The van der Waals surface area contributed by atoms with Gasteiger partial charge in [-0.25, -0.2) is 0 Å². The zero-order valence-corrected chi connectivity index (χ0v) is 17.3. The van der Waals surface area contributed by atoms with Gasteiger partial charge >= 0.3 is 0 Å². The lowest BCUT2D eigenvalue weighted by atomic mass is 10.2. The average molecular weight is 453 g/mol. The van der Waals surface area contributed by atoms with E-state index in [1.165, 1.54) is 5.56 Å². The van der Waals surface area contributed by atoms with Crippen molar-refractivity contribution in [3.8, 4) is 0 Å². The highest BCUT2D eigenvalue weighted by molar-refractivity contribution is 14.0. The van der Waals surface area contributed by atoms with Gasteiger partial charge in [0.2, 0.25) is 0 Å². The molecule has 0 unspecified atom stereocenters. The van der Waals surface area contributed by atoms with Crippen molar-refractivity contribution in [3.63, 3.8) is 0 Å². The summed E-state index contributed by atoms with van der Waals surface area (Å²) in [5, 5.41) is 6.67. The molecule has 136 valence electrons. The van der Waals surface area contributed by atoms with Crippen molar-refractivity contribution >= 4 is 29.9 Å². The molecule has 0 bridgehead atoms. The van der Waals surface area contributed by atoms with E-state index in [0.717, 1.165) is 44.3 Å². The monoisotopic (exact) mass is 453 g/mol. The van der Waals surface area contributed by atoms with Crippen molar-refractivity contribution < 1.29 is 0 Å². The van der Waals surface area contributed by atoms with Crippen LogP contribution in [0, 0.1) is 0 Å². The maximum absolute atomic E-state index is 4.32. The molecule has 1 aromatic heterocycles. The fourth-order valence-corrected chi connectivity index (χ4v) is 2.41. The molecule has 5 nitrogen and oxygen atoms in total. The molecule has 0 atom stereocenters. The molecule has 25 heavy (non-hydrogen) atoms. The molecule has 0 spiro atoms. The van der Waals surface area contributed by atoms with E-state index in [-0.39, 0.29) is 24.0 Å². The summed E-state index contributed by atoms with van der Waals surface area (Å²) in [6.07, 6.45) is 2.71. The van der Waals surface area contributed by atoms with E-state index in [1.54, 1.807) is 7.05 Å². The van der Waals surface area contributed by atoms with E-state index >= 15 is 0 Å². The lowest BCUT2D eigenvalue weighted by molar-refractivity contribution is 0.331. The smallest absolute Gasteiger partial charge is 0.191 e. The molecule has 0 amide bonds. The second-order valence-electron chi connectivity index (χ2n) is 5.72. The van der Waals surface area contributed by atoms with Crippen molar-refractivity contribution in [2.45, 2.75) is 13.0 Å². The highest BCUT2D eigenvalue weighted by Gasteiger charge is 2.02. The molecule has 0 saturated carbocycles. The Bertz CT molecular complexity index is 604. The number of aliphatic imine (C=N–C) groups is 1. The number of likely N-dealkylation sites (N-methyl/N-ethyl adjacent to an activating group) is 1. The Kier molecular flexibility index (Phi) is 10.8. The van der Waals surface area contributed by atoms with Gasteiger partial charge in [-0.3, -0.25) is 9.98 Å². The zero-order valence-electron chi connectivity index (χ0n) is 15.0. The molecule has 0 aliphatic rings. The Morgan fingerprint density at radius 1 is 1.04 bits per heavy atom. The van der Waals surface area contributed by atoms with Gasteiger partial charge in [0.15, 0.2) is 5.96 Å².